The van der Waals surface area contributed by atoms with Crippen LogP contribution >= 0.6 is 46.2 Å². The largest absolute Gasteiger partial charge is 2.00 e. The number of alkyl halides is 3. The van der Waals surface area contributed by atoms with E-state index < -0.39 is 17.6 Å². The van der Waals surface area contributed by atoms with Crippen molar-refractivity contribution in [2.75, 3.05) is 0 Å². The Balaban J connectivity index is 0.000000264. The zero-order chi connectivity index (χ0) is 44.6. The van der Waals surface area contributed by atoms with Crippen molar-refractivity contribution in [1.29, 1.82) is 5.41 Å². The fourth-order valence-electron chi connectivity index (χ4n) is 5.88. The molecule has 324 valence electrons. The second-order valence-corrected chi connectivity index (χ2v) is 15.7. The summed E-state index contributed by atoms with van der Waals surface area (Å²) < 4.78 is 54.0. The summed E-state index contributed by atoms with van der Waals surface area (Å²) in [6, 6.07) is 15.7. The average Bonchev–Trinajstić information content (AvgIpc) is 4.01. The third-order valence-corrected chi connectivity index (χ3v) is 11.7. The number of ether oxygens (including phenoxy) is 3. The third kappa shape index (κ3) is 13.3. The van der Waals surface area contributed by atoms with Gasteiger partial charge in [0.05, 0.1) is 20.8 Å². The molecule has 0 fully saturated rings. The van der Waals surface area contributed by atoms with Crippen LogP contribution in [0.1, 0.15) is 43.9 Å². The minimum atomic E-state index is -4.76. The zero-order valence-electron chi connectivity index (χ0n) is 32.7. The number of pyridine rings is 4. The van der Waals surface area contributed by atoms with Crippen molar-refractivity contribution < 1.29 is 61.2 Å². The number of isothiocyanates is 1. The van der Waals surface area contributed by atoms with Gasteiger partial charge in [0.15, 0.2) is 10.1 Å². The van der Waals surface area contributed by atoms with Gasteiger partial charge < -0.3 is 25.4 Å². The smallest absolute Gasteiger partial charge is 0.753 e. The van der Waals surface area contributed by atoms with Gasteiger partial charge in [0, 0.05) is 64.2 Å². The van der Waals surface area contributed by atoms with Crippen molar-refractivity contribution in [3.63, 3.8) is 0 Å². The molecule has 63 heavy (non-hydrogen) atoms. The van der Waals surface area contributed by atoms with Crippen molar-refractivity contribution in [2.24, 2.45) is 0 Å². The maximum atomic E-state index is 12.5. The summed E-state index contributed by atoms with van der Waals surface area (Å²) in [6.45, 7) is 3.22. The summed E-state index contributed by atoms with van der Waals surface area (Å²) >= 11 is 7.77. The molecule has 13 nitrogen and oxygen atoms in total. The Kier molecular flexibility index (Phi) is 19.0. The van der Waals surface area contributed by atoms with Gasteiger partial charge in [-0.1, -0.05) is 61.1 Å². The maximum Gasteiger partial charge on any atom is 2.00 e. The molecular formula is C42H32F3N7O6RuS4. The molecule has 0 saturated carbocycles. The normalized spacial score (nSPS) is 10.9. The first-order chi connectivity index (χ1) is 29.9. The monoisotopic (exact) mass is 1020 g/mol. The molecule has 7 aromatic heterocycles. The van der Waals surface area contributed by atoms with Crippen LogP contribution in [-0.4, -0.2) is 56.4 Å². The van der Waals surface area contributed by atoms with E-state index in [2.05, 4.69) is 40.2 Å². The number of hydrogen-bond acceptors (Lipinski definition) is 15. The Morgan fingerprint density at radius 2 is 1.40 bits per heavy atom. The summed E-state index contributed by atoms with van der Waals surface area (Å²) in [5.41, 5.74) is 9.95. The topological polar surface area (TPSA) is 200 Å². The van der Waals surface area contributed by atoms with Gasteiger partial charge in [-0.3, -0.25) is 34.7 Å². The number of thiophene rings is 3. The van der Waals surface area contributed by atoms with Crippen LogP contribution in [0.2, 0.25) is 0 Å². The number of allylic oxidation sites excluding steroid dienone is 1. The van der Waals surface area contributed by atoms with E-state index >= 15 is 0 Å². The molecule has 0 aliphatic rings. The van der Waals surface area contributed by atoms with Crippen molar-refractivity contribution in [1.82, 2.24) is 19.9 Å². The van der Waals surface area contributed by atoms with Gasteiger partial charge in [0.25, 0.3) is 19.4 Å². The van der Waals surface area contributed by atoms with E-state index in [1.165, 1.54) is 58.9 Å². The Labute approximate surface area is 388 Å². The molecule has 0 amide bonds. The first kappa shape index (κ1) is 49.7. The molecule has 0 aromatic carbocycles. The van der Waals surface area contributed by atoms with Crippen LogP contribution in [0.5, 0.6) is 15.9 Å². The number of carbonyl (C=O) groups excluding carboxylic acids is 3. The molecule has 0 radical (unpaired) electrons. The quantitative estimate of drug-likeness (QED) is 0.0317. The summed E-state index contributed by atoms with van der Waals surface area (Å²) in [6.07, 6.45) is 6.07. The van der Waals surface area contributed by atoms with E-state index in [-0.39, 0.29) is 30.9 Å². The van der Waals surface area contributed by atoms with E-state index in [1.807, 2.05) is 5.38 Å². The standard InChI is InChI=1S/C22H11N3O6S2.C19H21F3N3S.CNS.Ru/c26-9-29-14-7-15(19-21-12(1-3-23-19)5-17(32-21)30-10-27)25-16(8-14)20-22-13(2-4-24-20)6-18(33-22)31-11-28;1-2-3-4-5-6-13-8-10-26-18(13)14-7-9-25-16(11-14)15(23)12-17(24)19(20,21)22;2-1-3;/h1-11H;7-12,23-24H,2-6H2,1H3;;/q;2*-1;+2/b;15-12-,24-17?;;. The minimum Gasteiger partial charge on any atom is -0.753 e. The van der Waals surface area contributed by atoms with Gasteiger partial charge >= 0.3 is 25.7 Å². The van der Waals surface area contributed by atoms with Crippen LogP contribution < -0.4 is 14.2 Å². The van der Waals surface area contributed by atoms with Gasteiger partial charge in [-0.25, -0.2) is 4.98 Å². The molecule has 0 saturated heterocycles. The number of unbranched alkanes of at least 4 members (excludes halogenated alkanes) is 3. The van der Waals surface area contributed by atoms with Gasteiger partial charge in [0.1, 0.15) is 22.8 Å². The number of carbonyl (C=O) groups is 3. The molecule has 7 heterocycles. The number of hydrogen-bond donors (Lipinski definition) is 1. The van der Waals surface area contributed by atoms with Crippen LogP contribution in [0.3, 0.4) is 0 Å². The van der Waals surface area contributed by atoms with E-state index in [1.54, 1.807) is 72.3 Å². The van der Waals surface area contributed by atoms with Crippen molar-refractivity contribution in [3.05, 3.63) is 107 Å². The minimum absolute atomic E-state index is 0. The molecule has 0 unspecified atom stereocenters. The van der Waals surface area contributed by atoms with Gasteiger partial charge in [0.2, 0.25) is 0 Å². The van der Waals surface area contributed by atoms with Crippen molar-refractivity contribution in [2.45, 2.75) is 45.2 Å². The summed E-state index contributed by atoms with van der Waals surface area (Å²) in [5.74, 6) is 0.254. The third-order valence-electron chi connectivity index (χ3n) is 8.56. The molecule has 7 aromatic rings. The number of nitrogens with zero attached hydrogens (tertiary/aromatic N) is 5. The Morgan fingerprint density at radius 3 is 1.92 bits per heavy atom. The molecular weight excluding hydrogens is 985 g/mol. The summed E-state index contributed by atoms with van der Waals surface area (Å²) in [5, 5.41) is 20.0. The van der Waals surface area contributed by atoms with Crippen LogP contribution in [0.4, 0.5) is 13.2 Å². The maximum absolute atomic E-state index is 12.5. The number of rotatable bonds is 16. The zero-order valence-corrected chi connectivity index (χ0v) is 37.7. The number of halogens is 3. The predicted molar refractivity (Wildman–Crippen MR) is 239 cm³/mol. The fraction of sp³-hybridized carbons (Fsp3) is 0.167. The van der Waals surface area contributed by atoms with E-state index in [9.17, 15) is 27.6 Å². The second kappa shape index (κ2) is 24.0. The number of nitrogens with one attached hydrogen (secondary N) is 2. The fourth-order valence-corrected chi connectivity index (χ4v) is 8.78. The molecule has 0 aliphatic carbocycles. The number of aromatic nitrogens is 4. The first-order valence-corrected chi connectivity index (χ1v) is 21.1. The molecule has 0 aliphatic heterocycles. The molecule has 0 spiro atoms. The molecule has 2 N–H and O–H groups in total. The first-order valence-electron chi connectivity index (χ1n) is 18.2. The molecule has 21 heteroatoms. The summed E-state index contributed by atoms with van der Waals surface area (Å²) in [7, 11) is 0. The number of fused-ring (bicyclic) bond motifs is 2. The average molecular weight is 1020 g/mol. The predicted octanol–water partition coefficient (Wildman–Crippen LogP) is 11.8. The van der Waals surface area contributed by atoms with Crippen LogP contribution in [0.15, 0.2) is 84.6 Å². The van der Waals surface area contributed by atoms with Gasteiger partial charge in [-0.15, -0.1) is 17.0 Å². The van der Waals surface area contributed by atoms with Gasteiger partial charge in [-0.05, 0) is 65.8 Å². The van der Waals surface area contributed by atoms with Crippen LogP contribution in [-0.2, 0) is 40.3 Å². The van der Waals surface area contributed by atoms with Crippen LogP contribution in [0.25, 0.3) is 70.2 Å². The van der Waals surface area contributed by atoms with Gasteiger partial charge in [-0.2, -0.15) is 18.3 Å². The molecule has 0 atom stereocenters. The van der Waals surface area contributed by atoms with E-state index in [4.69, 9.17) is 35.7 Å². The van der Waals surface area contributed by atoms with Crippen LogP contribution in [0, 0.1) is 5.41 Å². The van der Waals surface area contributed by atoms with Crippen molar-refractivity contribution in [3.8, 4) is 49.1 Å². The number of aryl methyl sites for hydroxylation is 1. The Morgan fingerprint density at radius 1 is 0.841 bits per heavy atom. The van der Waals surface area contributed by atoms with E-state index in [0.29, 0.717) is 58.4 Å². The van der Waals surface area contributed by atoms with E-state index in [0.717, 1.165) is 43.5 Å². The molecule has 0 bridgehead atoms. The van der Waals surface area contributed by atoms with Crippen molar-refractivity contribution >= 4 is 102 Å². The SMILES string of the molecule is CCCCCCc1ccsc1-c1ccnc(/C([NH-])=C/C(=N)C(F)(F)F)c1.O=COc1cc(-c2nccc3cc(OC=O)sc23)nc(-c2nccc3cc(OC=O)sc23)c1.[N-]=C=S.[Ru+2]. The Bertz CT molecular complexity index is 2660. The Hall–Kier alpha value is -5.95. The summed E-state index contributed by atoms with van der Waals surface area (Å²) in [4.78, 5) is 51.3. The second-order valence-electron chi connectivity index (χ2n) is 12.6. The molecule has 7 rings (SSSR count). The number of thiocarbonyl (C=S) groups is 1.